The minimum Gasteiger partial charge on any atom is -0.263 e. The summed E-state index contributed by atoms with van der Waals surface area (Å²) in [5, 5.41) is 0. The molecule has 0 nitrogen and oxygen atoms in total. The smallest absolute Gasteiger partial charge is 0.263 e. The van der Waals surface area contributed by atoms with Gasteiger partial charge in [0.1, 0.15) is 0 Å². The van der Waals surface area contributed by atoms with Crippen molar-refractivity contribution in [3.63, 3.8) is 0 Å². The maximum absolute atomic E-state index is 3.86. The first-order valence-corrected chi connectivity index (χ1v) is 9.37. The molecule has 0 fully saturated rings. The second kappa shape index (κ2) is 8.70. The summed E-state index contributed by atoms with van der Waals surface area (Å²) in [7, 11) is 0. The van der Waals surface area contributed by atoms with Crippen molar-refractivity contribution in [2.75, 3.05) is 0 Å². The van der Waals surface area contributed by atoms with Crippen molar-refractivity contribution >= 4 is 0 Å². The molecule has 2 aromatic carbocycles. The van der Waals surface area contributed by atoms with Crippen molar-refractivity contribution in [2.45, 2.75) is 47.0 Å². The summed E-state index contributed by atoms with van der Waals surface area (Å²) in [4.78, 5) is 0. The van der Waals surface area contributed by atoms with Crippen LogP contribution in [-0.4, -0.2) is 0 Å². The van der Waals surface area contributed by atoms with Gasteiger partial charge in [-0.15, -0.1) is 24.6 Å². The van der Waals surface area contributed by atoms with E-state index in [4.69, 9.17) is 0 Å². The topological polar surface area (TPSA) is 0 Å². The van der Waals surface area contributed by atoms with E-state index in [1.54, 1.807) is 0 Å². The average Bonchev–Trinajstić information content (AvgIpc) is 3.04. The van der Waals surface area contributed by atoms with Crippen LogP contribution in [-0.2, 0) is 26.2 Å². The third-order valence-electron chi connectivity index (χ3n) is 5.83. The minimum absolute atomic E-state index is 0. The molecule has 1 unspecified atom stereocenters. The predicted molar refractivity (Wildman–Crippen MR) is 112 cm³/mol. The molecular formula is C26H28Zr. The Morgan fingerprint density at radius 2 is 1.70 bits per heavy atom. The van der Waals surface area contributed by atoms with Gasteiger partial charge in [-0.2, -0.15) is 35.4 Å². The van der Waals surface area contributed by atoms with Gasteiger partial charge in [0.2, 0.25) is 0 Å². The van der Waals surface area contributed by atoms with Gasteiger partial charge in [-0.1, -0.05) is 69.0 Å². The molecule has 136 valence electrons. The molecule has 2 aliphatic carbocycles. The summed E-state index contributed by atoms with van der Waals surface area (Å²) < 4.78 is 0. The Balaban J connectivity index is 0.000000208. The van der Waals surface area contributed by atoms with Crippen molar-refractivity contribution in [3.05, 3.63) is 95.1 Å². The second-order valence-corrected chi connectivity index (χ2v) is 7.79. The van der Waals surface area contributed by atoms with E-state index in [9.17, 15) is 0 Å². The maximum atomic E-state index is 3.86. The molecule has 0 aromatic heterocycles. The van der Waals surface area contributed by atoms with Gasteiger partial charge in [0, 0.05) is 0 Å². The molecule has 0 bridgehead atoms. The monoisotopic (exact) mass is 430 g/mol. The van der Waals surface area contributed by atoms with E-state index in [1.165, 1.54) is 39.0 Å². The fourth-order valence-electron chi connectivity index (χ4n) is 3.99. The van der Waals surface area contributed by atoms with E-state index in [2.05, 4.69) is 89.7 Å². The standard InChI is InChI=1S/C16H13.C10H15.Zr/c1-2-7-12-13-8-3-5-10-15(13)16-11-6-4-9-14(12)16;1-7-6-10(4,5)9(3)8(7)2;/h2-6,8,10-12H,1,7H2;1-5H3;/q2*-1;+2. The average molecular weight is 432 g/mol. The SMILES string of the molecule is C=CCC1c2[c-]cccc2-c2ccccc21.CC1=[C-]C(C)(C)C(C)=C1C.[Zr+2]. The molecule has 0 amide bonds. The molecule has 0 aliphatic heterocycles. The Kier molecular flexibility index (Phi) is 7.04. The first-order chi connectivity index (χ1) is 12.4. The second-order valence-electron chi connectivity index (χ2n) is 7.79. The van der Waals surface area contributed by atoms with Crippen LogP contribution in [0.1, 0.15) is 58.1 Å². The third-order valence-corrected chi connectivity index (χ3v) is 5.83. The van der Waals surface area contributed by atoms with Gasteiger partial charge in [0.05, 0.1) is 0 Å². The molecule has 0 spiro atoms. The number of hydrogen-bond acceptors (Lipinski definition) is 0. The van der Waals surface area contributed by atoms with E-state index < -0.39 is 0 Å². The maximum Gasteiger partial charge on any atom is 2.00 e. The van der Waals surface area contributed by atoms with Crippen LogP contribution in [0.15, 0.2) is 71.8 Å². The van der Waals surface area contributed by atoms with Crippen LogP contribution in [0.25, 0.3) is 11.1 Å². The van der Waals surface area contributed by atoms with Crippen LogP contribution in [0, 0.1) is 17.6 Å². The molecular weight excluding hydrogens is 404 g/mol. The molecule has 0 saturated carbocycles. The zero-order valence-corrected chi connectivity index (χ0v) is 19.6. The molecule has 0 heterocycles. The van der Waals surface area contributed by atoms with E-state index in [1.807, 2.05) is 12.1 Å². The van der Waals surface area contributed by atoms with Crippen molar-refractivity contribution in [2.24, 2.45) is 5.41 Å². The fraction of sp³-hybridized carbons (Fsp3) is 0.308. The van der Waals surface area contributed by atoms with Gasteiger partial charge in [0.15, 0.2) is 0 Å². The van der Waals surface area contributed by atoms with Crippen LogP contribution in [0.5, 0.6) is 0 Å². The first kappa shape index (κ1) is 21.8. The fourth-order valence-corrected chi connectivity index (χ4v) is 3.99. The zero-order chi connectivity index (χ0) is 18.9. The van der Waals surface area contributed by atoms with Crippen LogP contribution >= 0.6 is 0 Å². The van der Waals surface area contributed by atoms with Gasteiger partial charge >= 0.3 is 26.2 Å². The number of benzene rings is 2. The Morgan fingerprint density at radius 1 is 1.04 bits per heavy atom. The van der Waals surface area contributed by atoms with Gasteiger partial charge in [-0.3, -0.25) is 6.08 Å². The number of fused-ring (bicyclic) bond motifs is 3. The molecule has 27 heavy (non-hydrogen) atoms. The van der Waals surface area contributed by atoms with Crippen molar-refractivity contribution in [3.8, 4) is 11.1 Å². The minimum atomic E-state index is 0. The van der Waals surface area contributed by atoms with Crippen molar-refractivity contribution < 1.29 is 26.2 Å². The molecule has 1 atom stereocenters. The van der Waals surface area contributed by atoms with E-state index >= 15 is 0 Å². The Hall–Kier alpha value is -1.46. The molecule has 0 N–H and O–H groups in total. The molecule has 0 radical (unpaired) electrons. The van der Waals surface area contributed by atoms with Gasteiger partial charge in [-0.05, 0) is 17.9 Å². The summed E-state index contributed by atoms with van der Waals surface area (Å²) in [5.41, 5.74) is 9.83. The summed E-state index contributed by atoms with van der Waals surface area (Å²) >= 11 is 0. The van der Waals surface area contributed by atoms with Crippen molar-refractivity contribution in [1.29, 1.82) is 0 Å². The molecule has 1 heteroatoms. The van der Waals surface area contributed by atoms with Gasteiger partial charge < -0.3 is 0 Å². The normalized spacial score (nSPS) is 18.6. The van der Waals surface area contributed by atoms with Crippen LogP contribution in [0.4, 0.5) is 0 Å². The molecule has 2 aliphatic rings. The Morgan fingerprint density at radius 3 is 2.26 bits per heavy atom. The van der Waals surface area contributed by atoms with E-state index in [-0.39, 0.29) is 31.6 Å². The number of allylic oxidation sites excluding steroid dienone is 5. The summed E-state index contributed by atoms with van der Waals surface area (Å²) in [6, 6.07) is 18.3. The van der Waals surface area contributed by atoms with Crippen LogP contribution in [0.2, 0.25) is 0 Å². The quantitative estimate of drug-likeness (QED) is 0.346. The number of hydrogen-bond donors (Lipinski definition) is 0. The van der Waals surface area contributed by atoms with Gasteiger partial charge in [-0.25, -0.2) is 5.57 Å². The zero-order valence-electron chi connectivity index (χ0n) is 17.1. The summed E-state index contributed by atoms with van der Waals surface area (Å²) in [6.45, 7) is 14.8. The largest absolute Gasteiger partial charge is 2.00 e. The summed E-state index contributed by atoms with van der Waals surface area (Å²) in [6.07, 6.45) is 6.42. The van der Waals surface area contributed by atoms with Crippen molar-refractivity contribution in [1.82, 2.24) is 0 Å². The third kappa shape index (κ3) is 4.19. The molecule has 0 saturated heterocycles. The van der Waals surface area contributed by atoms with Gasteiger partial charge in [0.25, 0.3) is 0 Å². The predicted octanol–water partition coefficient (Wildman–Crippen LogP) is 7.28. The van der Waals surface area contributed by atoms with E-state index in [0.29, 0.717) is 5.92 Å². The summed E-state index contributed by atoms with van der Waals surface area (Å²) in [5.74, 6) is 0.449. The number of rotatable bonds is 2. The van der Waals surface area contributed by atoms with E-state index in [0.717, 1.165) is 6.42 Å². The van der Waals surface area contributed by atoms with Crippen LogP contribution < -0.4 is 0 Å². The molecule has 4 rings (SSSR count). The molecule has 2 aromatic rings. The Labute approximate surface area is 184 Å². The Bertz CT molecular complexity index is 850. The van der Waals surface area contributed by atoms with Crippen LogP contribution in [0.3, 0.4) is 0 Å². The first-order valence-electron chi connectivity index (χ1n) is 9.37.